The molecule has 0 bridgehead atoms. The number of hydrogen-bond acceptors (Lipinski definition) is 2. The molecule has 3 heteroatoms. The highest BCUT2D eigenvalue weighted by molar-refractivity contribution is 6.33. The zero-order chi connectivity index (χ0) is 8.60. The predicted molar refractivity (Wildman–Crippen MR) is 46.0 cm³/mol. The van der Waals surface area contributed by atoms with E-state index in [1.807, 2.05) is 0 Å². The van der Waals surface area contributed by atoms with Crippen LogP contribution in [0.4, 0.5) is 0 Å². The van der Waals surface area contributed by atoms with E-state index in [0.717, 1.165) is 19.4 Å². The van der Waals surface area contributed by atoms with Gasteiger partial charge in [-0.1, -0.05) is 11.6 Å². The summed E-state index contributed by atoms with van der Waals surface area (Å²) in [5.74, 6) is -0.0545. The minimum atomic E-state index is -0.463. The van der Waals surface area contributed by atoms with Crippen LogP contribution < -0.4 is 0 Å². The van der Waals surface area contributed by atoms with Crippen molar-refractivity contribution in [3.05, 3.63) is 23.3 Å². The summed E-state index contributed by atoms with van der Waals surface area (Å²) in [6.07, 6.45) is 6.61. The SMILES string of the molecule is O=C1C=CC2(CCCO2)C(Cl)=C1. The highest BCUT2D eigenvalue weighted by Gasteiger charge is 2.37. The van der Waals surface area contributed by atoms with Gasteiger partial charge in [0.15, 0.2) is 5.78 Å². The van der Waals surface area contributed by atoms with Crippen molar-refractivity contribution in [3.8, 4) is 0 Å². The largest absolute Gasteiger partial charge is 0.365 e. The second-order valence-corrected chi connectivity index (χ2v) is 3.48. The molecule has 1 atom stereocenters. The van der Waals surface area contributed by atoms with E-state index in [9.17, 15) is 4.79 Å². The molecule has 2 rings (SSSR count). The van der Waals surface area contributed by atoms with Crippen molar-refractivity contribution in [1.82, 2.24) is 0 Å². The predicted octanol–water partition coefficient (Wildman–Crippen LogP) is 1.80. The van der Waals surface area contributed by atoms with E-state index in [4.69, 9.17) is 16.3 Å². The summed E-state index contributed by atoms with van der Waals surface area (Å²) in [4.78, 5) is 10.9. The molecule has 0 saturated carbocycles. The summed E-state index contributed by atoms with van der Waals surface area (Å²) >= 11 is 5.94. The number of carbonyl (C=O) groups excluding carboxylic acids is 1. The Labute approximate surface area is 75.8 Å². The average Bonchev–Trinajstić information content (AvgIpc) is 2.48. The molecule has 0 aromatic rings. The number of carbonyl (C=O) groups is 1. The number of allylic oxidation sites excluding steroid dienone is 2. The van der Waals surface area contributed by atoms with Crippen LogP contribution in [0.3, 0.4) is 0 Å². The molecule has 1 spiro atoms. The Morgan fingerprint density at radius 2 is 2.42 bits per heavy atom. The van der Waals surface area contributed by atoms with E-state index in [-0.39, 0.29) is 5.78 Å². The van der Waals surface area contributed by atoms with Crippen molar-refractivity contribution in [2.24, 2.45) is 0 Å². The highest BCUT2D eigenvalue weighted by Crippen LogP contribution is 2.38. The Morgan fingerprint density at radius 3 is 3.00 bits per heavy atom. The van der Waals surface area contributed by atoms with Crippen LogP contribution in [0, 0.1) is 0 Å². The lowest BCUT2D eigenvalue weighted by Gasteiger charge is -2.25. The Balaban J connectivity index is 2.33. The molecule has 1 aliphatic heterocycles. The van der Waals surface area contributed by atoms with Gasteiger partial charge in [0.25, 0.3) is 0 Å². The van der Waals surface area contributed by atoms with E-state index >= 15 is 0 Å². The summed E-state index contributed by atoms with van der Waals surface area (Å²) in [6, 6.07) is 0. The molecule has 12 heavy (non-hydrogen) atoms. The van der Waals surface area contributed by atoms with Crippen LogP contribution in [-0.4, -0.2) is 18.0 Å². The van der Waals surface area contributed by atoms with Crippen molar-refractivity contribution in [2.75, 3.05) is 6.61 Å². The van der Waals surface area contributed by atoms with Gasteiger partial charge in [-0.15, -0.1) is 0 Å². The van der Waals surface area contributed by atoms with Crippen LogP contribution in [0.25, 0.3) is 0 Å². The summed E-state index contributed by atoms with van der Waals surface area (Å²) in [6.45, 7) is 0.725. The van der Waals surface area contributed by atoms with E-state index in [2.05, 4.69) is 0 Å². The molecule has 2 nitrogen and oxygen atoms in total. The summed E-state index contributed by atoms with van der Waals surface area (Å²) in [7, 11) is 0. The lowest BCUT2D eigenvalue weighted by atomic mass is 9.94. The maximum Gasteiger partial charge on any atom is 0.179 e. The van der Waals surface area contributed by atoms with Crippen LogP contribution in [0.15, 0.2) is 23.3 Å². The molecular formula is C9H9ClO2. The fourth-order valence-electron chi connectivity index (χ4n) is 1.57. The molecule has 1 saturated heterocycles. The third kappa shape index (κ3) is 1.11. The Hall–Kier alpha value is -0.600. The first-order valence-electron chi connectivity index (χ1n) is 3.98. The Kier molecular flexibility index (Phi) is 1.81. The van der Waals surface area contributed by atoms with Crippen LogP contribution in [0.1, 0.15) is 12.8 Å². The summed E-state index contributed by atoms with van der Waals surface area (Å²) in [5, 5.41) is 0.521. The number of ether oxygens (including phenoxy) is 1. The van der Waals surface area contributed by atoms with Crippen LogP contribution in [-0.2, 0) is 9.53 Å². The Morgan fingerprint density at radius 1 is 1.58 bits per heavy atom. The molecular weight excluding hydrogens is 176 g/mol. The van der Waals surface area contributed by atoms with E-state index in [1.54, 1.807) is 6.08 Å². The molecule has 64 valence electrons. The van der Waals surface area contributed by atoms with Gasteiger partial charge in [-0.25, -0.2) is 0 Å². The van der Waals surface area contributed by atoms with E-state index in [1.165, 1.54) is 12.2 Å². The van der Waals surface area contributed by atoms with Gasteiger partial charge in [0.05, 0.1) is 5.03 Å². The second kappa shape index (κ2) is 2.71. The first-order valence-corrected chi connectivity index (χ1v) is 4.36. The molecule has 0 aromatic heterocycles. The lowest BCUT2D eigenvalue weighted by molar-refractivity contribution is -0.110. The van der Waals surface area contributed by atoms with Crippen LogP contribution in [0.5, 0.6) is 0 Å². The maximum atomic E-state index is 10.9. The molecule has 1 heterocycles. The smallest absolute Gasteiger partial charge is 0.179 e. The summed E-state index contributed by atoms with van der Waals surface area (Å²) < 4.78 is 5.50. The van der Waals surface area contributed by atoms with Crippen LogP contribution >= 0.6 is 11.6 Å². The number of rotatable bonds is 0. The third-order valence-corrected chi connectivity index (χ3v) is 2.67. The number of halogens is 1. The van der Waals surface area contributed by atoms with Crippen molar-refractivity contribution in [3.63, 3.8) is 0 Å². The molecule has 1 aliphatic carbocycles. The zero-order valence-electron chi connectivity index (χ0n) is 6.55. The van der Waals surface area contributed by atoms with Crippen molar-refractivity contribution in [2.45, 2.75) is 18.4 Å². The van der Waals surface area contributed by atoms with Gasteiger partial charge in [0.1, 0.15) is 5.60 Å². The molecule has 0 aromatic carbocycles. The maximum absolute atomic E-state index is 10.9. The van der Waals surface area contributed by atoms with E-state index < -0.39 is 5.60 Å². The third-order valence-electron chi connectivity index (χ3n) is 2.24. The first kappa shape index (κ1) is 8.02. The van der Waals surface area contributed by atoms with Gasteiger partial charge >= 0.3 is 0 Å². The fourth-order valence-corrected chi connectivity index (χ4v) is 1.89. The number of hydrogen-bond donors (Lipinski definition) is 0. The first-order chi connectivity index (χ1) is 5.73. The zero-order valence-corrected chi connectivity index (χ0v) is 7.30. The highest BCUT2D eigenvalue weighted by atomic mass is 35.5. The van der Waals surface area contributed by atoms with Gasteiger partial charge in [-0.2, -0.15) is 0 Å². The second-order valence-electron chi connectivity index (χ2n) is 3.07. The van der Waals surface area contributed by atoms with Gasteiger partial charge in [-0.3, -0.25) is 4.79 Å². The lowest BCUT2D eigenvalue weighted by Crippen LogP contribution is -2.28. The molecule has 0 amide bonds. The van der Waals surface area contributed by atoms with Gasteiger partial charge in [-0.05, 0) is 25.0 Å². The van der Waals surface area contributed by atoms with Crippen LogP contribution in [0.2, 0.25) is 0 Å². The van der Waals surface area contributed by atoms with Crippen molar-refractivity contribution >= 4 is 17.4 Å². The molecule has 0 N–H and O–H groups in total. The minimum absolute atomic E-state index is 0.0545. The van der Waals surface area contributed by atoms with Gasteiger partial charge in [0.2, 0.25) is 0 Å². The van der Waals surface area contributed by atoms with Crippen molar-refractivity contribution < 1.29 is 9.53 Å². The fraction of sp³-hybridized carbons (Fsp3) is 0.444. The average molecular weight is 185 g/mol. The molecule has 1 unspecified atom stereocenters. The number of ketones is 1. The standard InChI is InChI=1S/C9H9ClO2/c10-8-6-7(11)2-4-9(8)3-1-5-12-9/h2,4,6H,1,3,5H2. The van der Waals surface area contributed by atoms with E-state index in [0.29, 0.717) is 5.03 Å². The molecule has 0 radical (unpaired) electrons. The minimum Gasteiger partial charge on any atom is -0.365 e. The molecule has 1 fully saturated rings. The normalized spacial score (nSPS) is 34.4. The quantitative estimate of drug-likeness (QED) is 0.574. The van der Waals surface area contributed by atoms with Gasteiger partial charge < -0.3 is 4.74 Å². The summed E-state index contributed by atoms with van der Waals surface area (Å²) in [5.41, 5.74) is -0.463. The monoisotopic (exact) mass is 184 g/mol. The van der Waals surface area contributed by atoms with Gasteiger partial charge in [0, 0.05) is 12.7 Å². The topological polar surface area (TPSA) is 26.3 Å². The van der Waals surface area contributed by atoms with Crippen molar-refractivity contribution in [1.29, 1.82) is 0 Å². The molecule has 2 aliphatic rings. The Bertz CT molecular complexity index is 272.